The molecule has 0 saturated carbocycles. The molecule has 3 aromatic rings. The highest BCUT2D eigenvalue weighted by Crippen LogP contribution is 2.33. The monoisotopic (exact) mass is 491 g/mol. The molecule has 3 heterocycles. The van der Waals surface area contributed by atoms with Gasteiger partial charge in [-0.1, -0.05) is 6.07 Å². The number of hydrogen-bond acceptors (Lipinski definition) is 9. The molecule has 1 amide bonds. The SMILES string of the molecule is CCOC(=O)NC(N)=Nc1ccc(-c2cncc(OCCN3CCOCC3)c2)cc1-c1ncccn1. The molecule has 0 bridgehead atoms. The van der Waals surface area contributed by atoms with Crippen LogP contribution in [0.25, 0.3) is 22.5 Å². The Morgan fingerprint density at radius 2 is 1.97 bits per heavy atom. The van der Waals surface area contributed by atoms with Gasteiger partial charge in [0.15, 0.2) is 5.82 Å². The van der Waals surface area contributed by atoms with Gasteiger partial charge in [-0.05, 0) is 36.8 Å². The number of morpholine rings is 1. The Morgan fingerprint density at radius 3 is 2.75 bits per heavy atom. The summed E-state index contributed by atoms with van der Waals surface area (Å²) in [6.07, 6.45) is 6.08. The van der Waals surface area contributed by atoms with E-state index in [1.807, 2.05) is 18.2 Å². The predicted molar refractivity (Wildman–Crippen MR) is 135 cm³/mol. The van der Waals surface area contributed by atoms with Crippen molar-refractivity contribution >= 4 is 17.7 Å². The normalized spacial score (nSPS) is 14.3. The first-order valence-electron chi connectivity index (χ1n) is 11.7. The zero-order valence-corrected chi connectivity index (χ0v) is 20.1. The maximum absolute atomic E-state index is 11.7. The Morgan fingerprint density at radius 1 is 1.17 bits per heavy atom. The van der Waals surface area contributed by atoms with Gasteiger partial charge in [0.25, 0.3) is 0 Å². The summed E-state index contributed by atoms with van der Waals surface area (Å²) < 4.78 is 16.2. The van der Waals surface area contributed by atoms with Gasteiger partial charge in [-0.3, -0.25) is 15.2 Å². The number of aliphatic imine (C=N–C) groups is 1. The first kappa shape index (κ1) is 25.0. The van der Waals surface area contributed by atoms with Gasteiger partial charge < -0.3 is 19.9 Å². The van der Waals surface area contributed by atoms with Crippen LogP contribution in [0.5, 0.6) is 5.75 Å². The average molecular weight is 492 g/mol. The summed E-state index contributed by atoms with van der Waals surface area (Å²) in [7, 11) is 0. The van der Waals surface area contributed by atoms with E-state index in [9.17, 15) is 4.79 Å². The molecule has 3 N–H and O–H groups in total. The van der Waals surface area contributed by atoms with E-state index < -0.39 is 6.09 Å². The van der Waals surface area contributed by atoms with Gasteiger partial charge in [-0.15, -0.1) is 0 Å². The summed E-state index contributed by atoms with van der Waals surface area (Å²) in [5, 5.41) is 2.39. The quantitative estimate of drug-likeness (QED) is 0.360. The van der Waals surface area contributed by atoms with Crippen LogP contribution < -0.4 is 15.8 Å². The summed E-state index contributed by atoms with van der Waals surface area (Å²) >= 11 is 0. The van der Waals surface area contributed by atoms with E-state index in [1.165, 1.54) is 0 Å². The number of alkyl carbamates (subject to hydrolysis) is 1. The number of pyridine rings is 1. The number of aromatic nitrogens is 3. The molecule has 0 atom stereocenters. The molecule has 4 rings (SSSR count). The number of amides is 1. The van der Waals surface area contributed by atoms with Crippen molar-refractivity contribution in [2.75, 3.05) is 46.1 Å². The lowest BCUT2D eigenvalue weighted by molar-refractivity contribution is 0.0322. The van der Waals surface area contributed by atoms with Gasteiger partial charge in [0.05, 0.1) is 31.7 Å². The predicted octanol–water partition coefficient (Wildman–Crippen LogP) is 2.61. The molecule has 36 heavy (non-hydrogen) atoms. The highest BCUT2D eigenvalue weighted by atomic mass is 16.5. The number of ether oxygens (including phenoxy) is 3. The molecule has 188 valence electrons. The summed E-state index contributed by atoms with van der Waals surface area (Å²) in [6.45, 7) is 6.67. The molecule has 1 aliphatic heterocycles. The van der Waals surface area contributed by atoms with Gasteiger partial charge in [0.2, 0.25) is 5.96 Å². The molecule has 2 aromatic heterocycles. The molecule has 11 nitrogen and oxygen atoms in total. The molecule has 1 saturated heterocycles. The number of carbonyl (C=O) groups excluding carboxylic acids is 1. The lowest BCUT2D eigenvalue weighted by atomic mass is 10.0. The number of nitrogens with two attached hydrogens (primary N) is 1. The zero-order chi connectivity index (χ0) is 25.2. The second kappa shape index (κ2) is 12.6. The first-order chi connectivity index (χ1) is 17.6. The van der Waals surface area contributed by atoms with Crippen molar-refractivity contribution in [1.29, 1.82) is 0 Å². The number of benzene rings is 1. The molecule has 11 heteroatoms. The van der Waals surface area contributed by atoms with Crippen LogP contribution in [0.1, 0.15) is 6.92 Å². The number of carbonyl (C=O) groups is 1. The number of guanidine groups is 1. The Kier molecular flexibility index (Phi) is 8.73. The smallest absolute Gasteiger partial charge is 0.413 e. The van der Waals surface area contributed by atoms with Crippen molar-refractivity contribution in [1.82, 2.24) is 25.2 Å². The second-order valence-corrected chi connectivity index (χ2v) is 7.86. The maximum atomic E-state index is 11.7. The van der Waals surface area contributed by atoms with Crippen molar-refractivity contribution < 1.29 is 19.0 Å². The third-order valence-electron chi connectivity index (χ3n) is 5.38. The molecule has 1 fully saturated rings. The van der Waals surface area contributed by atoms with E-state index in [-0.39, 0.29) is 12.6 Å². The number of rotatable bonds is 8. The van der Waals surface area contributed by atoms with Gasteiger partial charge in [-0.2, -0.15) is 0 Å². The van der Waals surface area contributed by atoms with Crippen LogP contribution in [0.3, 0.4) is 0 Å². The Balaban J connectivity index is 1.55. The van der Waals surface area contributed by atoms with Crippen molar-refractivity contribution in [2.24, 2.45) is 10.7 Å². The lowest BCUT2D eigenvalue weighted by Crippen LogP contribution is -2.38. The maximum Gasteiger partial charge on any atom is 0.413 e. The Labute approximate surface area is 209 Å². The van der Waals surface area contributed by atoms with E-state index >= 15 is 0 Å². The fourth-order valence-corrected chi connectivity index (χ4v) is 3.63. The molecule has 0 unspecified atom stereocenters. The van der Waals surface area contributed by atoms with Crippen molar-refractivity contribution in [3.05, 3.63) is 55.1 Å². The minimum absolute atomic E-state index is 0.101. The largest absolute Gasteiger partial charge is 0.491 e. The van der Waals surface area contributed by atoms with Gasteiger partial charge in [0.1, 0.15) is 12.4 Å². The highest BCUT2D eigenvalue weighted by molar-refractivity contribution is 5.95. The minimum atomic E-state index is -0.676. The topological polar surface area (TPSA) is 137 Å². The van der Waals surface area contributed by atoms with E-state index in [4.69, 9.17) is 19.9 Å². The number of nitrogens with zero attached hydrogens (tertiary/aromatic N) is 5. The fraction of sp³-hybridized carbons (Fsp3) is 0.320. The third kappa shape index (κ3) is 6.96. The summed E-state index contributed by atoms with van der Waals surface area (Å²) in [5.41, 5.74) is 8.78. The van der Waals surface area contributed by atoms with Gasteiger partial charge >= 0.3 is 6.09 Å². The van der Waals surface area contributed by atoms with Crippen LogP contribution in [0.4, 0.5) is 10.5 Å². The fourth-order valence-electron chi connectivity index (χ4n) is 3.63. The van der Waals surface area contributed by atoms with E-state index in [0.717, 1.165) is 44.0 Å². The molecule has 1 aromatic carbocycles. The van der Waals surface area contributed by atoms with Gasteiger partial charge in [-0.25, -0.2) is 19.8 Å². The number of nitrogens with one attached hydrogen (secondary N) is 1. The van der Waals surface area contributed by atoms with E-state index in [0.29, 0.717) is 29.4 Å². The molecule has 0 spiro atoms. The zero-order valence-electron chi connectivity index (χ0n) is 20.1. The summed E-state index contributed by atoms with van der Waals surface area (Å²) in [6, 6.07) is 9.25. The van der Waals surface area contributed by atoms with Crippen LogP contribution in [-0.4, -0.2) is 78.0 Å². The van der Waals surface area contributed by atoms with Crippen LogP contribution in [-0.2, 0) is 9.47 Å². The molecular weight excluding hydrogens is 462 g/mol. The van der Waals surface area contributed by atoms with Crippen LogP contribution in [0, 0.1) is 0 Å². The van der Waals surface area contributed by atoms with Crippen molar-refractivity contribution in [3.63, 3.8) is 0 Å². The lowest BCUT2D eigenvalue weighted by Gasteiger charge is -2.26. The van der Waals surface area contributed by atoms with Crippen molar-refractivity contribution in [2.45, 2.75) is 6.92 Å². The Bertz CT molecular complexity index is 1180. The molecular formula is C25H29N7O4. The molecule has 0 aliphatic carbocycles. The van der Waals surface area contributed by atoms with Crippen LogP contribution in [0.2, 0.25) is 0 Å². The third-order valence-corrected chi connectivity index (χ3v) is 5.38. The van der Waals surface area contributed by atoms with E-state index in [1.54, 1.807) is 43.8 Å². The van der Waals surface area contributed by atoms with E-state index in [2.05, 4.69) is 30.2 Å². The summed E-state index contributed by atoms with van der Waals surface area (Å²) in [5.74, 6) is 1.05. The summed E-state index contributed by atoms with van der Waals surface area (Å²) in [4.78, 5) is 31.4. The number of hydrogen-bond donors (Lipinski definition) is 2. The average Bonchev–Trinajstić information content (AvgIpc) is 2.90. The van der Waals surface area contributed by atoms with Crippen molar-refractivity contribution in [3.8, 4) is 28.3 Å². The highest BCUT2D eigenvalue weighted by Gasteiger charge is 2.13. The minimum Gasteiger partial charge on any atom is -0.491 e. The molecule has 0 radical (unpaired) electrons. The molecule has 1 aliphatic rings. The van der Waals surface area contributed by atoms with Gasteiger partial charge in [0, 0.05) is 49.4 Å². The van der Waals surface area contributed by atoms with Crippen LogP contribution >= 0.6 is 0 Å². The standard InChI is InChI=1S/C25H29N7O4/c1-2-35-25(33)31-24(26)30-22-5-4-18(15-21(22)23-28-6-3-7-29-23)19-14-20(17-27-16-19)36-13-10-32-8-11-34-12-9-32/h3-7,14-17H,2,8-13H2,1H3,(H3,26,30,31,33). The first-order valence-corrected chi connectivity index (χ1v) is 11.7. The second-order valence-electron chi connectivity index (χ2n) is 7.86. The van der Waals surface area contributed by atoms with Crippen LogP contribution in [0.15, 0.2) is 60.1 Å². The Hall–Kier alpha value is -4.09.